The Bertz CT molecular complexity index is 1610. The molecule has 5 rings (SSSR count). The first kappa shape index (κ1) is 27.0. The number of anilines is 2. The van der Waals surface area contributed by atoms with Crippen LogP contribution in [0, 0.1) is 0 Å². The second-order valence-electron chi connectivity index (χ2n) is 10.1. The number of carbonyl (C=O) groups is 3. The molecule has 3 heterocycles. The van der Waals surface area contributed by atoms with Crippen molar-refractivity contribution in [3.63, 3.8) is 0 Å². The van der Waals surface area contributed by atoms with Crippen LogP contribution in [0.4, 0.5) is 11.4 Å². The molecule has 3 amide bonds. The van der Waals surface area contributed by atoms with Gasteiger partial charge in [-0.3, -0.25) is 19.3 Å². The molecule has 4 aromatic rings. The Morgan fingerprint density at radius 3 is 2.58 bits per heavy atom. The lowest BCUT2D eigenvalue weighted by atomic mass is 9.97. The summed E-state index contributed by atoms with van der Waals surface area (Å²) in [5.41, 5.74) is 12.4. The molecule has 0 radical (unpaired) electrons. The van der Waals surface area contributed by atoms with Gasteiger partial charge in [0.2, 0.25) is 5.91 Å². The number of amides is 3. The molecule has 12 heteroatoms. The molecule has 6 N–H and O–H groups in total. The molecule has 1 atom stereocenters. The molecule has 40 heavy (non-hydrogen) atoms. The van der Waals surface area contributed by atoms with Crippen LogP contribution in [-0.4, -0.2) is 45.8 Å². The van der Waals surface area contributed by atoms with Crippen LogP contribution in [0.25, 0.3) is 10.9 Å². The molecule has 208 valence electrons. The molecule has 1 aliphatic heterocycles. The average molecular weight is 563 g/mol. The first-order chi connectivity index (χ1) is 19.1. The Morgan fingerprint density at radius 2 is 1.88 bits per heavy atom. The number of carbonyl (C=O) groups excluding carboxylic acids is 3. The maximum Gasteiger partial charge on any atom is 0.273 e. The van der Waals surface area contributed by atoms with Crippen molar-refractivity contribution in [3.8, 4) is 11.5 Å². The van der Waals surface area contributed by atoms with Gasteiger partial charge in [0.15, 0.2) is 17.2 Å². The van der Waals surface area contributed by atoms with E-state index < -0.39 is 29.3 Å². The van der Waals surface area contributed by atoms with E-state index in [4.69, 9.17) is 20.9 Å². The number of para-hydroxylation sites is 1. The molecule has 1 aliphatic rings. The van der Waals surface area contributed by atoms with Crippen LogP contribution in [0.5, 0.6) is 11.5 Å². The lowest BCUT2D eigenvalue weighted by Gasteiger charge is -2.34. The van der Waals surface area contributed by atoms with Crippen molar-refractivity contribution >= 4 is 51.5 Å². The van der Waals surface area contributed by atoms with Gasteiger partial charge < -0.3 is 31.2 Å². The van der Waals surface area contributed by atoms with Crippen molar-refractivity contribution < 1.29 is 23.9 Å². The Balaban J connectivity index is 1.73. The maximum absolute atomic E-state index is 14.4. The lowest BCUT2D eigenvalue weighted by molar-refractivity contribution is -0.124. The molecule has 0 unspecified atom stereocenters. The van der Waals surface area contributed by atoms with Gasteiger partial charge in [0.25, 0.3) is 11.8 Å². The number of ether oxygens (including phenoxy) is 2. The number of rotatable bonds is 8. The molecule has 0 aliphatic carbocycles. The van der Waals surface area contributed by atoms with E-state index in [1.54, 1.807) is 24.4 Å². The van der Waals surface area contributed by atoms with Crippen molar-refractivity contribution in [1.29, 1.82) is 0 Å². The summed E-state index contributed by atoms with van der Waals surface area (Å²) >= 11 is 0.750. The fraction of sp³-hybridized carbons (Fsp3) is 0.286. The van der Waals surface area contributed by atoms with Crippen LogP contribution in [0.1, 0.15) is 59.0 Å². The van der Waals surface area contributed by atoms with Gasteiger partial charge in [-0.05, 0) is 50.0 Å². The fourth-order valence-corrected chi connectivity index (χ4v) is 5.25. The Hall–Kier alpha value is -4.58. The average Bonchev–Trinajstić information content (AvgIpc) is 3.54. The second kappa shape index (κ2) is 10.5. The van der Waals surface area contributed by atoms with Gasteiger partial charge in [-0.1, -0.05) is 25.1 Å². The maximum atomic E-state index is 14.4. The number of nitrogens with one attached hydrogen (secondary N) is 2. The van der Waals surface area contributed by atoms with E-state index in [1.807, 2.05) is 45.0 Å². The van der Waals surface area contributed by atoms with Crippen LogP contribution >= 0.6 is 11.5 Å². The number of hydrogen-bond donors (Lipinski definition) is 4. The van der Waals surface area contributed by atoms with Crippen LogP contribution in [0.2, 0.25) is 0 Å². The summed E-state index contributed by atoms with van der Waals surface area (Å²) in [5, 5.41) is 3.86. The molecule has 2 aromatic carbocycles. The van der Waals surface area contributed by atoms with Crippen molar-refractivity contribution in [2.45, 2.75) is 38.8 Å². The summed E-state index contributed by atoms with van der Waals surface area (Å²) in [6, 6.07) is 11.4. The van der Waals surface area contributed by atoms with Gasteiger partial charge in [-0.15, -0.1) is 0 Å². The predicted octanol–water partition coefficient (Wildman–Crippen LogP) is 3.77. The summed E-state index contributed by atoms with van der Waals surface area (Å²) in [6.07, 6.45) is 2.37. The zero-order valence-corrected chi connectivity index (χ0v) is 23.1. The summed E-state index contributed by atoms with van der Waals surface area (Å²) in [6.45, 7) is 6.52. The van der Waals surface area contributed by atoms with E-state index in [-0.39, 0.29) is 16.3 Å². The highest BCUT2D eigenvalue weighted by Gasteiger charge is 2.39. The highest BCUT2D eigenvalue weighted by Crippen LogP contribution is 2.40. The van der Waals surface area contributed by atoms with Gasteiger partial charge in [-0.25, -0.2) is 0 Å². The molecule has 2 aromatic heterocycles. The summed E-state index contributed by atoms with van der Waals surface area (Å²) in [7, 11) is 0. The van der Waals surface area contributed by atoms with Gasteiger partial charge in [-0.2, -0.15) is 4.37 Å². The number of nitrogens with zero attached hydrogens (tertiary/aromatic N) is 2. The summed E-state index contributed by atoms with van der Waals surface area (Å²) in [5.74, 6) is -0.925. The Labute approximate surface area is 234 Å². The number of aromatic nitrogens is 2. The fourth-order valence-electron chi connectivity index (χ4n) is 4.51. The van der Waals surface area contributed by atoms with Crippen LogP contribution < -0.4 is 31.2 Å². The summed E-state index contributed by atoms with van der Waals surface area (Å²) in [4.78, 5) is 45.0. The standard InChI is InChI=1S/C28H30N6O5S/c1-4-28(2,3)32-26(36)23(17-14-31-18-8-6-5-7-16(17)18)34(15-9-10-19-20(13-15)39-12-11-38-19)27(37)24-21(29)22(25(30)35)33-40-24/h5-10,13-14,23,31H,4,11-12,29H2,1-3H3,(H2,30,35)(H,32,36)/t23-/m1/s1. The number of primary amides is 1. The molecular weight excluding hydrogens is 532 g/mol. The normalized spacial score (nSPS) is 13.6. The van der Waals surface area contributed by atoms with Gasteiger partial charge in [0, 0.05) is 40.0 Å². The van der Waals surface area contributed by atoms with Crippen molar-refractivity contribution in [2.75, 3.05) is 23.8 Å². The third-order valence-electron chi connectivity index (χ3n) is 6.95. The second-order valence-corrected chi connectivity index (χ2v) is 10.8. The zero-order valence-electron chi connectivity index (χ0n) is 22.3. The van der Waals surface area contributed by atoms with Crippen LogP contribution in [0.15, 0.2) is 48.7 Å². The van der Waals surface area contributed by atoms with E-state index in [9.17, 15) is 14.4 Å². The highest BCUT2D eigenvalue weighted by molar-refractivity contribution is 7.09. The van der Waals surface area contributed by atoms with Gasteiger partial charge >= 0.3 is 0 Å². The first-order valence-corrected chi connectivity index (χ1v) is 13.5. The third kappa shape index (κ3) is 4.93. The number of aromatic amines is 1. The quantitative estimate of drug-likeness (QED) is 0.254. The zero-order chi connectivity index (χ0) is 28.6. The van der Waals surface area contributed by atoms with Crippen LogP contribution in [0.3, 0.4) is 0 Å². The topological polar surface area (TPSA) is 166 Å². The minimum absolute atomic E-state index is 0.0175. The van der Waals surface area contributed by atoms with Crippen molar-refractivity contribution in [3.05, 3.63) is 64.8 Å². The molecule has 0 saturated carbocycles. The van der Waals surface area contributed by atoms with E-state index in [0.29, 0.717) is 42.4 Å². The number of nitrogen functional groups attached to an aromatic ring is 1. The first-order valence-electron chi connectivity index (χ1n) is 12.8. The summed E-state index contributed by atoms with van der Waals surface area (Å²) < 4.78 is 15.5. The van der Waals surface area contributed by atoms with Crippen LogP contribution in [-0.2, 0) is 4.79 Å². The van der Waals surface area contributed by atoms with E-state index in [0.717, 1.165) is 22.4 Å². The number of benzene rings is 2. The number of H-pyrrole nitrogens is 1. The van der Waals surface area contributed by atoms with E-state index >= 15 is 0 Å². The van der Waals surface area contributed by atoms with Crippen molar-refractivity contribution in [1.82, 2.24) is 14.7 Å². The largest absolute Gasteiger partial charge is 0.486 e. The molecule has 11 nitrogen and oxygen atoms in total. The van der Waals surface area contributed by atoms with E-state index in [2.05, 4.69) is 14.7 Å². The van der Waals surface area contributed by atoms with E-state index in [1.165, 1.54) is 4.90 Å². The van der Waals surface area contributed by atoms with Gasteiger partial charge in [0.1, 0.15) is 24.1 Å². The molecular formula is C28H30N6O5S. The van der Waals surface area contributed by atoms with Gasteiger partial charge in [0.05, 0.1) is 5.69 Å². The SMILES string of the molecule is CCC(C)(C)NC(=O)[C@@H](c1c[nH]c2ccccc12)N(C(=O)c1snc(C(N)=O)c1N)c1ccc2c(c1)OCCO2. The Kier molecular flexibility index (Phi) is 7.11. The molecule has 0 spiro atoms. The number of nitrogens with two attached hydrogens (primary N) is 2. The molecule has 0 saturated heterocycles. The molecule has 0 bridgehead atoms. The minimum atomic E-state index is -1.14. The number of fused-ring (bicyclic) bond motifs is 2. The monoisotopic (exact) mass is 562 g/mol. The predicted molar refractivity (Wildman–Crippen MR) is 153 cm³/mol. The Morgan fingerprint density at radius 1 is 1.15 bits per heavy atom. The third-order valence-corrected chi connectivity index (χ3v) is 7.80. The van der Waals surface area contributed by atoms with Crippen molar-refractivity contribution in [2.24, 2.45) is 5.73 Å². The smallest absolute Gasteiger partial charge is 0.273 e. The lowest BCUT2D eigenvalue weighted by Crippen LogP contribution is -2.50. The number of hydrogen-bond acceptors (Lipinski definition) is 8. The molecule has 0 fully saturated rings. The highest BCUT2D eigenvalue weighted by atomic mass is 32.1. The minimum Gasteiger partial charge on any atom is -0.486 e.